The molecule has 0 unspecified atom stereocenters. The monoisotopic (exact) mass is 331 g/mol. The SMILES string of the molecule is O=C(Nn1cnc2ccccc2c1=O)c1cnn(-c2ccccc2)c1. The van der Waals surface area contributed by atoms with Crippen molar-refractivity contribution in [3.05, 3.63) is 89.2 Å². The summed E-state index contributed by atoms with van der Waals surface area (Å²) in [6.07, 6.45) is 4.34. The molecule has 2 aromatic heterocycles. The quantitative estimate of drug-likeness (QED) is 0.622. The van der Waals surface area contributed by atoms with Gasteiger partial charge in [0.15, 0.2) is 0 Å². The maximum atomic E-state index is 12.4. The third kappa shape index (κ3) is 2.78. The van der Waals surface area contributed by atoms with Crippen LogP contribution in [0.2, 0.25) is 0 Å². The van der Waals surface area contributed by atoms with Crippen molar-refractivity contribution in [1.82, 2.24) is 19.4 Å². The summed E-state index contributed by atoms with van der Waals surface area (Å²) in [5.41, 5.74) is 3.95. The van der Waals surface area contributed by atoms with Gasteiger partial charge in [-0.3, -0.25) is 15.0 Å². The minimum Gasteiger partial charge on any atom is -0.267 e. The third-order valence-corrected chi connectivity index (χ3v) is 3.75. The number of carbonyl (C=O) groups excluding carboxylic acids is 1. The minimum atomic E-state index is -0.443. The number of nitrogens with zero attached hydrogens (tertiary/aromatic N) is 4. The van der Waals surface area contributed by atoms with E-state index in [9.17, 15) is 9.59 Å². The smallest absolute Gasteiger partial charge is 0.267 e. The number of aromatic nitrogens is 4. The highest BCUT2D eigenvalue weighted by atomic mass is 16.2. The largest absolute Gasteiger partial charge is 0.280 e. The number of hydrogen-bond acceptors (Lipinski definition) is 4. The van der Waals surface area contributed by atoms with Gasteiger partial charge in [-0.15, -0.1) is 0 Å². The van der Waals surface area contributed by atoms with Crippen molar-refractivity contribution in [2.45, 2.75) is 0 Å². The maximum absolute atomic E-state index is 12.4. The molecule has 0 saturated heterocycles. The second-order valence-corrected chi connectivity index (χ2v) is 5.39. The molecule has 7 heteroatoms. The fourth-order valence-corrected chi connectivity index (χ4v) is 2.48. The Morgan fingerprint density at radius 1 is 1.00 bits per heavy atom. The van der Waals surface area contributed by atoms with Gasteiger partial charge >= 0.3 is 0 Å². The van der Waals surface area contributed by atoms with Gasteiger partial charge in [0.1, 0.15) is 6.33 Å². The fourth-order valence-electron chi connectivity index (χ4n) is 2.48. The highest BCUT2D eigenvalue weighted by molar-refractivity contribution is 5.99. The predicted octanol–water partition coefficient (Wildman–Crippen LogP) is 1.97. The first kappa shape index (κ1) is 14.8. The summed E-state index contributed by atoms with van der Waals surface area (Å²) in [6.45, 7) is 0. The number of para-hydroxylation sites is 2. The van der Waals surface area contributed by atoms with Gasteiger partial charge in [-0.2, -0.15) is 5.10 Å². The number of rotatable bonds is 3. The summed E-state index contributed by atoms with van der Waals surface area (Å²) in [6, 6.07) is 16.4. The van der Waals surface area contributed by atoms with Crippen LogP contribution in [0.25, 0.3) is 16.6 Å². The van der Waals surface area contributed by atoms with Crippen LogP contribution in [0.4, 0.5) is 0 Å². The number of carbonyl (C=O) groups is 1. The lowest BCUT2D eigenvalue weighted by atomic mass is 10.2. The van der Waals surface area contributed by atoms with Crippen molar-refractivity contribution in [3.8, 4) is 5.69 Å². The molecular weight excluding hydrogens is 318 g/mol. The zero-order chi connectivity index (χ0) is 17.2. The van der Waals surface area contributed by atoms with Crippen molar-refractivity contribution < 1.29 is 4.79 Å². The lowest BCUT2D eigenvalue weighted by Crippen LogP contribution is -2.33. The molecule has 0 atom stereocenters. The Kier molecular flexibility index (Phi) is 3.59. The molecule has 0 saturated carbocycles. The van der Waals surface area contributed by atoms with E-state index in [4.69, 9.17) is 0 Å². The van der Waals surface area contributed by atoms with Crippen LogP contribution in [0, 0.1) is 0 Å². The Labute approximate surface area is 142 Å². The van der Waals surface area contributed by atoms with Gasteiger partial charge in [0.05, 0.1) is 28.4 Å². The van der Waals surface area contributed by atoms with E-state index >= 15 is 0 Å². The minimum absolute atomic E-state index is 0.337. The number of nitrogens with one attached hydrogen (secondary N) is 1. The average molecular weight is 331 g/mol. The summed E-state index contributed by atoms with van der Waals surface area (Å²) in [4.78, 5) is 29.0. The van der Waals surface area contributed by atoms with Crippen LogP contribution in [0.1, 0.15) is 10.4 Å². The van der Waals surface area contributed by atoms with E-state index in [1.54, 1.807) is 35.1 Å². The highest BCUT2D eigenvalue weighted by Gasteiger charge is 2.11. The maximum Gasteiger partial charge on any atom is 0.280 e. The Hall–Kier alpha value is -3.74. The van der Waals surface area contributed by atoms with Crippen LogP contribution >= 0.6 is 0 Å². The van der Waals surface area contributed by atoms with Gasteiger partial charge in [-0.1, -0.05) is 30.3 Å². The third-order valence-electron chi connectivity index (χ3n) is 3.75. The van der Waals surface area contributed by atoms with Crippen molar-refractivity contribution >= 4 is 16.8 Å². The van der Waals surface area contributed by atoms with E-state index in [2.05, 4.69) is 15.5 Å². The van der Waals surface area contributed by atoms with E-state index in [-0.39, 0.29) is 5.56 Å². The van der Waals surface area contributed by atoms with Crippen molar-refractivity contribution in [2.24, 2.45) is 0 Å². The standard InChI is InChI=1S/C18H13N5O2/c24-17(13-10-20-22(11-13)14-6-2-1-3-7-14)21-23-12-19-16-9-5-4-8-15(16)18(23)25/h1-12H,(H,21,24). The van der Waals surface area contributed by atoms with Gasteiger partial charge in [-0.05, 0) is 24.3 Å². The molecule has 0 aliphatic carbocycles. The molecule has 0 radical (unpaired) electrons. The molecular formula is C18H13N5O2. The molecule has 2 aromatic carbocycles. The van der Waals surface area contributed by atoms with Crippen LogP contribution in [0.5, 0.6) is 0 Å². The second kappa shape index (κ2) is 6.04. The zero-order valence-electron chi connectivity index (χ0n) is 13.0. The van der Waals surface area contributed by atoms with E-state index in [1.165, 1.54) is 12.5 Å². The summed E-state index contributed by atoms with van der Waals surface area (Å²) in [5, 5.41) is 4.61. The van der Waals surface area contributed by atoms with Crippen LogP contribution < -0.4 is 11.0 Å². The van der Waals surface area contributed by atoms with Crippen LogP contribution in [-0.4, -0.2) is 25.3 Å². The summed E-state index contributed by atoms with van der Waals surface area (Å²) < 4.78 is 2.67. The van der Waals surface area contributed by atoms with Crippen LogP contribution in [-0.2, 0) is 0 Å². The van der Waals surface area contributed by atoms with Gasteiger partial charge in [0, 0.05) is 6.20 Å². The van der Waals surface area contributed by atoms with E-state index in [1.807, 2.05) is 30.3 Å². The Bertz CT molecular complexity index is 1110. The molecule has 4 aromatic rings. The topological polar surface area (TPSA) is 81.8 Å². The van der Waals surface area contributed by atoms with E-state index in [0.717, 1.165) is 10.4 Å². The van der Waals surface area contributed by atoms with Crippen molar-refractivity contribution in [1.29, 1.82) is 0 Å². The number of benzene rings is 2. The lowest BCUT2D eigenvalue weighted by molar-refractivity contribution is 0.101. The summed E-state index contributed by atoms with van der Waals surface area (Å²) in [5.74, 6) is -0.443. The van der Waals surface area contributed by atoms with Gasteiger partial charge < -0.3 is 0 Å². The molecule has 122 valence electrons. The normalized spacial score (nSPS) is 10.7. The summed E-state index contributed by atoms with van der Waals surface area (Å²) >= 11 is 0. The van der Waals surface area contributed by atoms with Crippen LogP contribution in [0.15, 0.2) is 78.1 Å². The first-order valence-electron chi connectivity index (χ1n) is 7.60. The molecule has 1 N–H and O–H groups in total. The van der Waals surface area contributed by atoms with E-state index in [0.29, 0.717) is 16.5 Å². The molecule has 0 aliphatic heterocycles. The van der Waals surface area contributed by atoms with E-state index < -0.39 is 5.91 Å². The number of hydrogen-bond donors (Lipinski definition) is 1. The molecule has 7 nitrogen and oxygen atoms in total. The molecule has 0 fully saturated rings. The second-order valence-electron chi connectivity index (χ2n) is 5.39. The zero-order valence-corrected chi connectivity index (χ0v) is 13.0. The average Bonchev–Trinajstić information content (AvgIpc) is 3.15. The molecule has 0 bridgehead atoms. The van der Waals surface area contributed by atoms with Gasteiger partial charge in [-0.25, -0.2) is 14.3 Å². The predicted molar refractivity (Wildman–Crippen MR) is 93.3 cm³/mol. The Balaban J connectivity index is 1.62. The van der Waals surface area contributed by atoms with Crippen molar-refractivity contribution in [2.75, 3.05) is 5.43 Å². The fraction of sp³-hybridized carbons (Fsp3) is 0. The Morgan fingerprint density at radius 2 is 1.76 bits per heavy atom. The first-order chi connectivity index (χ1) is 12.2. The molecule has 25 heavy (non-hydrogen) atoms. The molecule has 4 rings (SSSR count). The molecule has 0 spiro atoms. The lowest BCUT2D eigenvalue weighted by Gasteiger charge is -2.07. The molecule has 0 aliphatic rings. The highest BCUT2D eigenvalue weighted by Crippen LogP contribution is 2.08. The first-order valence-corrected chi connectivity index (χ1v) is 7.60. The summed E-state index contributed by atoms with van der Waals surface area (Å²) in [7, 11) is 0. The molecule has 2 heterocycles. The van der Waals surface area contributed by atoms with Crippen molar-refractivity contribution in [3.63, 3.8) is 0 Å². The van der Waals surface area contributed by atoms with Gasteiger partial charge in [0.25, 0.3) is 11.5 Å². The van der Waals surface area contributed by atoms with Gasteiger partial charge in [0.2, 0.25) is 0 Å². The number of fused-ring (bicyclic) bond motifs is 1. The Morgan fingerprint density at radius 3 is 2.60 bits per heavy atom. The molecule has 1 amide bonds. The number of amides is 1. The van der Waals surface area contributed by atoms with Crippen LogP contribution in [0.3, 0.4) is 0 Å².